The van der Waals surface area contributed by atoms with Gasteiger partial charge in [-0.3, -0.25) is 0 Å². The van der Waals surface area contributed by atoms with Gasteiger partial charge in [-0.15, -0.1) is 0 Å². The van der Waals surface area contributed by atoms with Crippen molar-refractivity contribution in [2.75, 3.05) is 36.0 Å². The van der Waals surface area contributed by atoms with Gasteiger partial charge in [-0.1, -0.05) is 29.8 Å². The Hall–Kier alpha value is -3.41. The summed E-state index contributed by atoms with van der Waals surface area (Å²) in [5, 5.41) is 0. The molecule has 1 aliphatic rings. The molecule has 0 aliphatic carbocycles. The second-order valence-corrected chi connectivity index (χ2v) is 7.14. The van der Waals surface area contributed by atoms with Crippen molar-refractivity contribution in [1.29, 1.82) is 0 Å². The molecule has 6 heteroatoms. The zero-order valence-corrected chi connectivity index (χ0v) is 15.9. The average molecular weight is 370 g/mol. The van der Waals surface area contributed by atoms with Crippen LogP contribution in [-0.4, -0.2) is 45.5 Å². The molecule has 4 heterocycles. The van der Waals surface area contributed by atoms with E-state index in [0.717, 1.165) is 54.7 Å². The zero-order valence-electron chi connectivity index (χ0n) is 15.9. The van der Waals surface area contributed by atoms with Crippen LogP contribution in [0.2, 0.25) is 0 Å². The van der Waals surface area contributed by atoms with Crippen molar-refractivity contribution in [3.8, 4) is 11.3 Å². The molecule has 28 heavy (non-hydrogen) atoms. The summed E-state index contributed by atoms with van der Waals surface area (Å²) in [4.78, 5) is 18.7. The summed E-state index contributed by atoms with van der Waals surface area (Å²) in [6.07, 6.45) is 7.74. The molecule has 0 amide bonds. The van der Waals surface area contributed by atoms with E-state index in [9.17, 15) is 0 Å². The molecule has 0 N–H and O–H groups in total. The van der Waals surface area contributed by atoms with Crippen LogP contribution in [0.5, 0.6) is 0 Å². The molecule has 0 spiro atoms. The van der Waals surface area contributed by atoms with Gasteiger partial charge in [0, 0.05) is 56.5 Å². The molecule has 0 atom stereocenters. The van der Waals surface area contributed by atoms with Crippen LogP contribution in [-0.2, 0) is 0 Å². The van der Waals surface area contributed by atoms with Crippen LogP contribution in [0, 0.1) is 6.92 Å². The van der Waals surface area contributed by atoms with Crippen LogP contribution in [0.1, 0.15) is 5.56 Å². The number of hydrogen-bond acceptors (Lipinski definition) is 5. The monoisotopic (exact) mass is 370 g/mol. The van der Waals surface area contributed by atoms with Gasteiger partial charge in [-0.05, 0) is 25.1 Å². The van der Waals surface area contributed by atoms with E-state index in [2.05, 4.69) is 67.6 Å². The number of anilines is 2. The Morgan fingerprint density at radius 3 is 2.50 bits per heavy atom. The number of aromatic nitrogens is 4. The standard InChI is InChI=1S/C22H22N6/c1-17-5-4-6-18(15-17)19-16-28-10-9-24-21(28)22(25-19)27-13-11-26(12-14-27)20-7-2-3-8-23-20/h2-10,15-16H,11-14H2,1H3. The summed E-state index contributed by atoms with van der Waals surface area (Å²) in [6, 6.07) is 14.5. The fourth-order valence-electron chi connectivity index (χ4n) is 3.76. The SMILES string of the molecule is Cc1cccc(-c2cn3ccnc3c(N3CCN(c4ccccn4)CC3)n2)c1. The van der Waals surface area contributed by atoms with Crippen LogP contribution in [0.4, 0.5) is 11.6 Å². The Labute approximate surface area is 164 Å². The number of rotatable bonds is 3. The highest BCUT2D eigenvalue weighted by Crippen LogP contribution is 2.26. The first-order valence-electron chi connectivity index (χ1n) is 9.60. The molecule has 4 aromatic rings. The molecular weight excluding hydrogens is 348 g/mol. The van der Waals surface area contributed by atoms with Crippen LogP contribution in [0.15, 0.2) is 67.3 Å². The number of piperazine rings is 1. The van der Waals surface area contributed by atoms with Crippen molar-refractivity contribution in [1.82, 2.24) is 19.4 Å². The molecule has 0 bridgehead atoms. The summed E-state index contributed by atoms with van der Waals surface area (Å²) < 4.78 is 2.07. The van der Waals surface area contributed by atoms with Gasteiger partial charge in [0.05, 0.1) is 5.69 Å². The Kier molecular flexibility index (Phi) is 4.16. The zero-order chi connectivity index (χ0) is 18.9. The number of hydrogen-bond donors (Lipinski definition) is 0. The van der Waals surface area contributed by atoms with E-state index in [4.69, 9.17) is 4.98 Å². The molecule has 3 aromatic heterocycles. The lowest BCUT2D eigenvalue weighted by molar-refractivity contribution is 0.642. The van der Waals surface area contributed by atoms with E-state index < -0.39 is 0 Å². The smallest absolute Gasteiger partial charge is 0.180 e. The van der Waals surface area contributed by atoms with Gasteiger partial charge in [0.25, 0.3) is 0 Å². The first kappa shape index (κ1) is 16.7. The molecule has 1 saturated heterocycles. The fraction of sp³-hybridized carbons (Fsp3) is 0.227. The van der Waals surface area contributed by atoms with E-state index in [1.807, 2.05) is 30.7 Å². The lowest BCUT2D eigenvalue weighted by Crippen LogP contribution is -2.47. The Balaban J connectivity index is 1.47. The number of nitrogens with zero attached hydrogens (tertiary/aromatic N) is 6. The Morgan fingerprint density at radius 1 is 0.857 bits per heavy atom. The van der Waals surface area contributed by atoms with Gasteiger partial charge >= 0.3 is 0 Å². The maximum absolute atomic E-state index is 5.01. The third-order valence-electron chi connectivity index (χ3n) is 5.22. The summed E-state index contributed by atoms with van der Waals surface area (Å²) in [6.45, 7) is 5.73. The number of pyridine rings is 1. The van der Waals surface area contributed by atoms with Gasteiger partial charge in [0.1, 0.15) is 5.82 Å². The summed E-state index contributed by atoms with van der Waals surface area (Å²) in [7, 11) is 0. The normalized spacial score (nSPS) is 14.6. The van der Waals surface area contributed by atoms with E-state index in [0.29, 0.717) is 0 Å². The van der Waals surface area contributed by atoms with Crippen molar-refractivity contribution in [3.63, 3.8) is 0 Å². The molecule has 0 radical (unpaired) electrons. The predicted octanol–water partition coefficient (Wildman–Crippen LogP) is 3.43. The van der Waals surface area contributed by atoms with Gasteiger partial charge in [-0.2, -0.15) is 0 Å². The maximum atomic E-state index is 5.01. The molecule has 0 unspecified atom stereocenters. The molecule has 5 rings (SSSR count). The summed E-state index contributed by atoms with van der Waals surface area (Å²) in [5.74, 6) is 1.99. The van der Waals surface area contributed by atoms with Gasteiger partial charge in [0.2, 0.25) is 0 Å². The highest BCUT2D eigenvalue weighted by molar-refractivity contribution is 5.71. The molecule has 1 aliphatic heterocycles. The minimum Gasteiger partial charge on any atom is -0.353 e. The second kappa shape index (κ2) is 6.96. The highest BCUT2D eigenvalue weighted by atomic mass is 15.3. The lowest BCUT2D eigenvalue weighted by atomic mass is 10.1. The summed E-state index contributed by atoms with van der Waals surface area (Å²) in [5.41, 5.74) is 4.23. The van der Waals surface area contributed by atoms with E-state index in [-0.39, 0.29) is 0 Å². The second-order valence-electron chi connectivity index (χ2n) is 7.14. The highest BCUT2D eigenvalue weighted by Gasteiger charge is 2.22. The van der Waals surface area contributed by atoms with Crippen LogP contribution in [0.25, 0.3) is 16.9 Å². The lowest BCUT2D eigenvalue weighted by Gasteiger charge is -2.36. The fourth-order valence-corrected chi connectivity index (χ4v) is 3.76. The van der Waals surface area contributed by atoms with Crippen molar-refractivity contribution < 1.29 is 0 Å². The van der Waals surface area contributed by atoms with Crippen molar-refractivity contribution >= 4 is 17.3 Å². The third kappa shape index (κ3) is 3.07. The summed E-state index contributed by atoms with van der Waals surface area (Å²) >= 11 is 0. The molecule has 1 fully saturated rings. The minimum absolute atomic E-state index is 0.892. The van der Waals surface area contributed by atoms with Crippen LogP contribution in [0.3, 0.4) is 0 Å². The number of benzene rings is 1. The number of fused-ring (bicyclic) bond motifs is 1. The van der Waals surface area contributed by atoms with Gasteiger partial charge in [-0.25, -0.2) is 15.0 Å². The van der Waals surface area contributed by atoms with E-state index >= 15 is 0 Å². The molecule has 6 nitrogen and oxygen atoms in total. The van der Waals surface area contributed by atoms with Gasteiger partial charge < -0.3 is 14.2 Å². The van der Waals surface area contributed by atoms with E-state index in [1.54, 1.807) is 0 Å². The maximum Gasteiger partial charge on any atom is 0.180 e. The Bertz CT molecular complexity index is 1100. The van der Waals surface area contributed by atoms with Crippen molar-refractivity contribution in [2.24, 2.45) is 0 Å². The van der Waals surface area contributed by atoms with Crippen molar-refractivity contribution in [2.45, 2.75) is 6.92 Å². The molecule has 140 valence electrons. The first-order chi connectivity index (χ1) is 13.8. The Morgan fingerprint density at radius 2 is 1.71 bits per heavy atom. The number of aryl methyl sites for hydroxylation is 1. The largest absolute Gasteiger partial charge is 0.353 e. The van der Waals surface area contributed by atoms with Crippen LogP contribution >= 0.6 is 0 Å². The quantitative estimate of drug-likeness (QED) is 0.553. The molecular formula is C22H22N6. The first-order valence-corrected chi connectivity index (χ1v) is 9.60. The van der Waals surface area contributed by atoms with Crippen molar-refractivity contribution in [3.05, 3.63) is 72.8 Å². The molecule has 1 aromatic carbocycles. The topological polar surface area (TPSA) is 49.6 Å². The molecule has 0 saturated carbocycles. The van der Waals surface area contributed by atoms with Crippen LogP contribution < -0.4 is 9.80 Å². The van der Waals surface area contributed by atoms with E-state index in [1.165, 1.54) is 5.56 Å². The number of imidazole rings is 1. The predicted molar refractivity (Wildman–Crippen MR) is 112 cm³/mol. The third-order valence-corrected chi connectivity index (χ3v) is 5.22. The average Bonchev–Trinajstić information content (AvgIpc) is 3.23. The van der Waals surface area contributed by atoms with Gasteiger partial charge in [0.15, 0.2) is 11.5 Å². The minimum atomic E-state index is 0.892.